The van der Waals surface area contributed by atoms with E-state index in [0.29, 0.717) is 22.3 Å². The second-order valence-corrected chi connectivity index (χ2v) is 4.36. The lowest BCUT2D eigenvalue weighted by atomic mass is 10.2. The van der Waals surface area contributed by atoms with Gasteiger partial charge in [-0.25, -0.2) is 0 Å². The quantitative estimate of drug-likeness (QED) is 0.841. The molecule has 1 heterocycles. The first-order valence-corrected chi connectivity index (χ1v) is 5.88. The fourth-order valence-electron chi connectivity index (χ4n) is 1.45. The van der Waals surface area contributed by atoms with Crippen LogP contribution in [0.5, 0.6) is 0 Å². The molecule has 90 valence electrons. The van der Waals surface area contributed by atoms with Gasteiger partial charge in [0.05, 0.1) is 28.0 Å². The van der Waals surface area contributed by atoms with Gasteiger partial charge in [0.2, 0.25) is 0 Å². The molecule has 0 fully saturated rings. The Morgan fingerprint density at radius 2 is 2.06 bits per heavy atom. The van der Waals surface area contributed by atoms with E-state index < -0.39 is 0 Å². The normalized spacial score (nSPS) is 10.5. The second kappa shape index (κ2) is 5.29. The second-order valence-electron chi connectivity index (χ2n) is 3.55. The summed E-state index contributed by atoms with van der Waals surface area (Å²) < 4.78 is 1.83. The Morgan fingerprint density at radius 1 is 1.29 bits per heavy atom. The summed E-state index contributed by atoms with van der Waals surface area (Å²) in [6.45, 7) is 1.47. The number of rotatable bonds is 4. The van der Waals surface area contributed by atoms with Gasteiger partial charge in [-0.3, -0.25) is 4.68 Å². The molecule has 0 saturated heterocycles. The number of nitrogen functional groups attached to an aromatic ring is 1. The van der Waals surface area contributed by atoms with Crippen LogP contribution in [0, 0.1) is 0 Å². The minimum absolute atomic E-state index is 0.460. The highest BCUT2D eigenvalue weighted by Gasteiger charge is 2.04. The fraction of sp³-hybridized carbons (Fsp3) is 0.182. The number of anilines is 2. The van der Waals surface area contributed by atoms with Crippen LogP contribution in [0.3, 0.4) is 0 Å². The number of hydrogen-bond donors (Lipinski definition) is 2. The van der Waals surface area contributed by atoms with Crippen molar-refractivity contribution in [2.24, 2.45) is 0 Å². The molecule has 17 heavy (non-hydrogen) atoms. The summed E-state index contributed by atoms with van der Waals surface area (Å²) in [7, 11) is 0. The van der Waals surface area contributed by atoms with Crippen molar-refractivity contribution in [2.75, 3.05) is 17.6 Å². The average Bonchev–Trinajstić information content (AvgIpc) is 2.78. The maximum atomic E-state index is 5.92. The minimum Gasteiger partial charge on any atom is -0.397 e. The summed E-state index contributed by atoms with van der Waals surface area (Å²) in [5.41, 5.74) is 7.19. The standard InChI is InChI=1S/C11H12Cl2N4/c12-8-6-10(14)11(7-9(8)13)15-3-5-17-4-1-2-16-17/h1-2,4,6-7,15H,3,5,14H2. The largest absolute Gasteiger partial charge is 0.397 e. The number of nitrogens with zero attached hydrogens (tertiary/aromatic N) is 2. The lowest BCUT2D eigenvalue weighted by molar-refractivity contribution is 0.638. The topological polar surface area (TPSA) is 55.9 Å². The fourth-order valence-corrected chi connectivity index (χ4v) is 1.79. The molecule has 1 aromatic heterocycles. The van der Waals surface area contributed by atoms with Crippen LogP contribution in [-0.2, 0) is 6.54 Å². The monoisotopic (exact) mass is 270 g/mol. The first-order valence-electron chi connectivity index (χ1n) is 5.12. The molecule has 3 N–H and O–H groups in total. The van der Waals surface area contributed by atoms with Crippen LogP contribution in [0.15, 0.2) is 30.6 Å². The SMILES string of the molecule is Nc1cc(Cl)c(Cl)cc1NCCn1cccn1. The van der Waals surface area contributed by atoms with Crippen LogP contribution in [0.25, 0.3) is 0 Å². The van der Waals surface area contributed by atoms with Crippen LogP contribution in [0.2, 0.25) is 10.0 Å². The molecule has 1 aromatic carbocycles. The molecule has 0 bridgehead atoms. The molecule has 0 aliphatic rings. The van der Waals surface area contributed by atoms with Gasteiger partial charge in [-0.2, -0.15) is 5.10 Å². The van der Waals surface area contributed by atoms with E-state index in [2.05, 4.69) is 10.4 Å². The van der Waals surface area contributed by atoms with E-state index in [-0.39, 0.29) is 0 Å². The molecule has 0 amide bonds. The zero-order valence-electron chi connectivity index (χ0n) is 9.03. The van der Waals surface area contributed by atoms with Crippen molar-refractivity contribution in [3.8, 4) is 0 Å². The van der Waals surface area contributed by atoms with Gasteiger partial charge in [0.25, 0.3) is 0 Å². The Labute approximate surface area is 109 Å². The first-order chi connectivity index (χ1) is 8.16. The molecule has 0 unspecified atom stereocenters. The van der Waals surface area contributed by atoms with E-state index in [1.165, 1.54) is 0 Å². The lowest BCUT2D eigenvalue weighted by Crippen LogP contribution is -2.11. The zero-order valence-corrected chi connectivity index (χ0v) is 10.5. The van der Waals surface area contributed by atoms with Crippen LogP contribution in [0.4, 0.5) is 11.4 Å². The number of aromatic nitrogens is 2. The first kappa shape index (κ1) is 12.1. The lowest BCUT2D eigenvalue weighted by Gasteiger charge is -2.10. The van der Waals surface area contributed by atoms with E-state index in [9.17, 15) is 0 Å². The van der Waals surface area contributed by atoms with Gasteiger partial charge in [0, 0.05) is 18.9 Å². The Hall–Kier alpha value is -1.39. The maximum Gasteiger partial charge on any atom is 0.0614 e. The van der Waals surface area contributed by atoms with Gasteiger partial charge < -0.3 is 11.1 Å². The highest BCUT2D eigenvalue weighted by molar-refractivity contribution is 6.42. The van der Waals surface area contributed by atoms with E-state index >= 15 is 0 Å². The number of halogens is 2. The molecule has 2 aromatic rings. The number of benzene rings is 1. The van der Waals surface area contributed by atoms with Gasteiger partial charge in [0.1, 0.15) is 0 Å². The zero-order chi connectivity index (χ0) is 12.3. The average molecular weight is 271 g/mol. The third-order valence-corrected chi connectivity index (χ3v) is 3.03. The molecule has 0 radical (unpaired) electrons. The number of nitrogens with one attached hydrogen (secondary N) is 1. The summed E-state index contributed by atoms with van der Waals surface area (Å²) in [5.74, 6) is 0. The van der Waals surface area contributed by atoms with Crippen molar-refractivity contribution in [3.63, 3.8) is 0 Å². The van der Waals surface area contributed by atoms with E-state index in [1.54, 1.807) is 18.3 Å². The third kappa shape index (κ3) is 3.05. The Balaban J connectivity index is 1.97. The van der Waals surface area contributed by atoms with Crippen molar-refractivity contribution in [2.45, 2.75) is 6.54 Å². The van der Waals surface area contributed by atoms with Gasteiger partial charge >= 0.3 is 0 Å². The molecule has 6 heteroatoms. The highest BCUT2D eigenvalue weighted by atomic mass is 35.5. The molecule has 0 aliphatic heterocycles. The van der Waals surface area contributed by atoms with Crippen LogP contribution < -0.4 is 11.1 Å². The van der Waals surface area contributed by atoms with Gasteiger partial charge in [-0.15, -0.1) is 0 Å². The molecule has 4 nitrogen and oxygen atoms in total. The summed E-state index contributed by atoms with van der Waals surface area (Å²) in [6.07, 6.45) is 3.65. The highest BCUT2D eigenvalue weighted by Crippen LogP contribution is 2.30. The summed E-state index contributed by atoms with van der Waals surface area (Å²) >= 11 is 11.8. The van der Waals surface area contributed by atoms with Crippen LogP contribution in [0.1, 0.15) is 0 Å². The van der Waals surface area contributed by atoms with Crippen LogP contribution in [-0.4, -0.2) is 16.3 Å². The summed E-state index contributed by atoms with van der Waals surface area (Å²) in [4.78, 5) is 0. The molecular formula is C11H12Cl2N4. The molecular weight excluding hydrogens is 259 g/mol. The van der Waals surface area contributed by atoms with Crippen molar-refractivity contribution < 1.29 is 0 Å². The maximum absolute atomic E-state index is 5.92. The Kier molecular flexibility index (Phi) is 3.76. The van der Waals surface area contributed by atoms with Gasteiger partial charge in [-0.05, 0) is 18.2 Å². The van der Waals surface area contributed by atoms with Gasteiger partial charge in [-0.1, -0.05) is 23.2 Å². The Morgan fingerprint density at radius 3 is 2.76 bits per heavy atom. The van der Waals surface area contributed by atoms with E-state index in [0.717, 1.165) is 12.2 Å². The van der Waals surface area contributed by atoms with E-state index in [1.807, 2.05) is 16.9 Å². The molecule has 0 spiro atoms. The third-order valence-electron chi connectivity index (χ3n) is 2.31. The number of hydrogen-bond acceptors (Lipinski definition) is 3. The van der Waals surface area contributed by atoms with Crippen molar-refractivity contribution in [1.82, 2.24) is 9.78 Å². The van der Waals surface area contributed by atoms with Crippen molar-refractivity contribution >= 4 is 34.6 Å². The minimum atomic E-state index is 0.460. The van der Waals surface area contributed by atoms with Crippen molar-refractivity contribution in [1.29, 1.82) is 0 Å². The summed E-state index contributed by atoms with van der Waals surface area (Å²) in [6, 6.07) is 5.25. The predicted molar refractivity (Wildman–Crippen MR) is 71.6 cm³/mol. The predicted octanol–water partition coefficient (Wildman–Crippen LogP) is 2.88. The summed E-state index contributed by atoms with van der Waals surface area (Å²) in [5, 5.41) is 8.24. The molecule has 0 atom stereocenters. The van der Waals surface area contributed by atoms with Crippen LogP contribution >= 0.6 is 23.2 Å². The molecule has 0 saturated carbocycles. The van der Waals surface area contributed by atoms with Crippen molar-refractivity contribution in [3.05, 3.63) is 40.6 Å². The smallest absolute Gasteiger partial charge is 0.0614 e. The Bertz CT molecular complexity index is 496. The molecule has 0 aliphatic carbocycles. The molecule has 2 rings (SSSR count). The van der Waals surface area contributed by atoms with E-state index in [4.69, 9.17) is 28.9 Å². The number of nitrogens with two attached hydrogens (primary N) is 1. The van der Waals surface area contributed by atoms with Gasteiger partial charge in [0.15, 0.2) is 0 Å².